The van der Waals surface area contributed by atoms with Gasteiger partial charge in [-0.1, -0.05) is 24.3 Å². The van der Waals surface area contributed by atoms with Gasteiger partial charge in [-0.25, -0.2) is 4.79 Å². The Balaban J connectivity index is 1.27. The number of urea groups is 1. The number of para-hydroxylation sites is 1. The molecule has 3 amide bonds. The number of halogens is 1. The van der Waals surface area contributed by atoms with Crippen LogP contribution in [0.25, 0.3) is 10.9 Å². The second kappa shape index (κ2) is 8.62. The first kappa shape index (κ1) is 21.1. The van der Waals surface area contributed by atoms with Gasteiger partial charge in [0.25, 0.3) is 0 Å². The third-order valence-electron chi connectivity index (χ3n) is 6.60. The van der Waals surface area contributed by atoms with E-state index in [0.717, 1.165) is 40.5 Å². The lowest BCUT2D eigenvalue weighted by Crippen LogP contribution is -2.48. The molecule has 1 aromatic heterocycles. The summed E-state index contributed by atoms with van der Waals surface area (Å²) in [5.41, 5.74) is 5.42. The summed E-state index contributed by atoms with van der Waals surface area (Å²) in [5.74, 6) is 0.0125. The highest BCUT2D eigenvalue weighted by molar-refractivity contribution is 9.10. The summed E-state index contributed by atoms with van der Waals surface area (Å²) < 4.78 is 1.05. The average Bonchev–Trinajstić information content (AvgIpc) is 3.18. The molecular weight excluding hydrogens is 468 g/mol. The maximum atomic E-state index is 13.4. The van der Waals surface area contributed by atoms with Gasteiger partial charge in [-0.05, 0) is 59.5 Å². The molecule has 1 saturated heterocycles. The van der Waals surface area contributed by atoms with E-state index in [-0.39, 0.29) is 17.9 Å². The molecule has 0 radical (unpaired) electrons. The average molecular weight is 495 g/mol. The summed E-state index contributed by atoms with van der Waals surface area (Å²) in [6.07, 6.45) is 2.50. The fourth-order valence-corrected chi connectivity index (χ4v) is 5.40. The third-order valence-corrected chi connectivity index (χ3v) is 7.26. The minimum Gasteiger partial charge on any atom is -0.357 e. The fraction of sp³-hybridized carbons (Fsp3) is 0.360. The van der Waals surface area contributed by atoms with Crippen LogP contribution in [0.4, 0.5) is 10.5 Å². The molecule has 32 heavy (non-hydrogen) atoms. The van der Waals surface area contributed by atoms with E-state index in [1.165, 1.54) is 16.6 Å². The SMILES string of the molecule is Cc1cccc(NC(=O)N2CCCC(C(=O)N3CCc4[nH]c5c(Br)cccc5c4C3)C2)c1. The highest BCUT2D eigenvalue weighted by Crippen LogP contribution is 2.32. The van der Waals surface area contributed by atoms with Crippen molar-refractivity contribution in [2.75, 3.05) is 25.0 Å². The molecule has 166 valence electrons. The van der Waals surface area contributed by atoms with Crippen molar-refractivity contribution in [1.29, 1.82) is 0 Å². The number of hydrogen-bond donors (Lipinski definition) is 2. The zero-order valence-corrected chi connectivity index (χ0v) is 19.7. The first-order chi connectivity index (χ1) is 15.5. The Kier molecular flexibility index (Phi) is 5.67. The van der Waals surface area contributed by atoms with E-state index in [4.69, 9.17) is 0 Å². The predicted molar refractivity (Wildman–Crippen MR) is 130 cm³/mol. The predicted octanol–water partition coefficient (Wildman–Crippen LogP) is 5.07. The maximum Gasteiger partial charge on any atom is 0.321 e. The molecule has 1 fully saturated rings. The molecule has 6 nitrogen and oxygen atoms in total. The number of carbonyl (C=O) groups excluding carboxylic acids is 2. The second-order valence-electron chi connectivity index (χ2n) is 8.84. The van der Waals surface area contributed by atoms with Crippen LogP contribution in [0.2, 0.25) is 0 Å². The van der Waals surface area contributed by atoms with Crippen molar-refractivity contribution in [1.82, 2.24) is 14.8 Å². The monoisotopic (exact) mass is 494 g/mol. The summed E-state index contributed by atoms with van der Waals surface area (Å²) in [6.45, 7) is 4.49. The largest absolute Gasteiger partial charge is 0.357 e. The maximum absolute atomic E-state index is 13.4. The normalized spacial score (nSPS) is 18.5. The van der Waals surface area contributed by atoms with E-state index in [0.29, 0.717) is 26.2 Å². The van der Waals surface area contributed by atoms with Crippen molar-refractivity contribution in [3.63, 3.8) is 0 Å². The van der Waals surface area contributed by atoms with Gasteiger partial charge in [0.05, 0.1) is 11.4 Å². The van der Waals surface area contributed by atoms with Gasteiger partial charge in [0.15, 0.2) is 0 Å². The Hall–Kier alpha value is -2.80. The minimum absolute atomic E-state index is 0.129. The number of aromatic nitrogens is 1. The Labute approximate surface area is 196 Å². The van der Waals surface area contributed by atoms with Crippen molar-refractivity contribution >= 4 is 44.5 Å². The van der Waals surface area contributed by atoms with E-state index in [9.17, 15) is 9.59 Å². The number of nitrogens with one attached hydrogen (secondary N) is 2. The topological polar surface area (TPSA) is 68.4 Å². The number of carbonyl (C=O) groups is 2. The third kappa shape index (κ3) is 4.01. The Morgan fingerprint density at radius 1 is 1.12 bits per heavy atom. The zero-order valence-electron chi connectivity index (χ0n) is 18.2. The molecule has 0 bridgehead atoms. The Morgan fingerprint density at radius 2 is 1.97 bits per heavy atom. The number of fused-ring (bicyclic) bond motifs is 3. The number of benzene rings is 2. The fourth-order valence-electron chi connectivity index (χ4n) is 4.94. The zero-order chi connectivity index (χ0) is 22.2. The summed E-state index contributed by atoms with van der Waals surface area (Å²) in [6, 6.07) is 13.8. The van der Waals surface area contributed by atoms with Gasteiger partial charge in [-0.2, -0.15) is 0 Å². The van der Waals surface area contributed by atoms with E-state index in [2.05, 4.69) is 32.3 Å². The molecule has 5 rings (SSSR count). The van der Waals surface area contributed by atoms with Crippen LogP contribution in [0.3, 0.4) is 0 Å². The molecular formula is C25H27BrN4O2. The van der Waals surface area contributed by atoms with E-state index in [1.807, 2.05) is 48.2 Å². The quantitative estimate of drug-likeness (QED) is 0.522. The van der Waals surface area contributed by atoms with E-state index in [1.54, 1.807) is 4.90 Å². The van der Waals surface area contributed by atoms with Crippen LogP contribution in [0.15, 0.2) is 46.9 Å². The summed E-state index contributed by atoms with van der Waals surface area (Å²) in [4.78, 5) is 33.5. The molecule has 2 aromatic carbocycles. The van der Waals surface area contributed by atoms with Crippen molar-refractivity contribution in [3.8, 4) is 0 Å². The minimum atomic E-state index is -0.148. The summed E-state index contributed by atoms with van der Waals surface area (Å²) in [5, 5.41) is 4.16. The molecule has 1 unspecified atom stereocenters. The number of piperidine rings is 1. The van der Waals surface area contributed by atoms with Gasteiger partial charge in [0.1, 0.15) is 0 Å². The van der Waals surface area contributed by atoms with E-state index < -0.39 is 0 Å². The van der Waals surface area contributed by atoms with Crippen LogP contribution in [-0.4, -0.2) is 46.4 Å². The lowest BCUT2D eigenvalue weighted by Gasteiger charge is -2.36. The van der Waals surface area contributed by atoms with Crippen molar-refractivity contribution < 1.29 is 9.59 Å². The van der Waals surface area contributed by atoms with Crippen LogP contribution in [0.1, 0.15) is 29.7 Å². The first-order valence-electron chi connectivity index (χ1n) is 11.2. The molecule has 3 heterocycles. The van der Waals surface area contributed by atoms with E-state index >= 15 is 0 Å². The van der Waals surface area contributed by atoms with Gasteiger partial charge in [0, 0.05) is 59.4 Å². The van der Waals surface area contributed by atoms with Crippen LogP contribution < -0.4 is 5.32 Å². The van der Waals surface area contributed by atoms with Gasteiger partial charge in [-0.3, -0.25) is 4.79 Å². The van der Waals surface area contributed by atoms with Gasteiger partial charge in [0.2, 0.25) is 5.91 Å². The van der Waals surface area contributed by atoms with Crippen LogP contribution in [-0.2, 0) is 17.8 Å². The number of aromatic amines is 1. The number of aryl methyl sites for hydroxylation is 1. The lowest BCUT2D eigenvalue weighted by molar-refractivity contribution is -0.137. The van der Waals surface area contributed by atoms with Crippen molar-refractivity contribution in [2.24, 2.45) is 5.92 Å². The molecule has 0 aliphatic carbocycles. The molecule has 3 aromatic rings. The summed E-state index contributed by atoms with van der Waals surface area (Å²) in [7, 11) is 0. The smallest absolute Gasteiger partial charge is 0.321 e. The molecule has 2 N–H and O–H groups in total. The molecule has 0 spiro atoms. The molecule has 1 atom stereocenters. The standard InChI is InChI=1S/C25H27BrN4O2/c1-16-5-2-7-18(13-16)27-25(32)30-11-4-6-17(14-30)24(31)29-12-10-22-20(15-29)19-8-3-9-21(26)23(19)28-22/h2-3,5,7-9,13,17,28H,4,6,10-12,14-15H2,1H3,(H,27,32). The number of rotatable bonds is 2. The molecule has 2 aliphatic rings. The number of H-pyrrole nitrogens is 1. The number of anilines is 1. The highest BCUT2D eigenvalue weighted by Gasteiger charge is 2.33. The van der Waals surface area contributed by atoms with Crippen LogP contribution in [0.5, 0.6) is 0 Å². The van der Waals surface area contributed by atoms with Gasteiger partial charge >= 0.3 is 6.03 Å². The number of hydrogen-bond acceptors (Lipinski definition) is 2. The van der Waals surface area contributed by atoms with Crippen molar-refractivity contribution in [3.05, 3.63) is 63.8 Å². The molecule has 7 heteroatoms. The molecule has 0 saturated carbocycles. The van der Waals surface area contributed by atoms with Crippen molar-refractivity contribution in [2.45, 2.75) is 32.7 Å². The highest BCUT2D eigenvalue weighted by atomic mass is 79.9. The number of likely N-dealkylation sites (tertiary alicyclic amines) is 1. The first-order valence-corrected chi connectivity index (χ1v) is 12.0. The molecule has 2 aliphatic heterocycles. The van der Waals surface area contributed by atoms with Crippen LogP contribution >= 0.6 is 15.9 Å². The second-order valence-corrected chi connectivity index (χ2v) is 9.69. The van der Waals surface area contributed by atoms with Gasteiger partial charge < -0.3 is 20.1 Å². The van der Waals surface area contributed by atoms with Gasteiger partial charge in [-0.15, -0.1) is 0 Å². The van der Waals surface area contributed by atoms with Crippen LogP contribution in [0, 0.1) is 12.8 Å². The Bertz CT molecular complexity index is 1190. The number of nitrogens with zero attached hydrogens (tertiary/aromatic N) is 2. The summed E-state index contributed by atoms with van der Waals surface area (Å²) >= 11 is 3.62. The lowest BCUT2D eigenvalue weighted by atomic mass is 9.95. The number of amides is 3. The Morgan fingerprint density at radius 3 is 2.81 bits per heavy atom.